The summed E-state index contributed by atoms with van der Waals surface area (Å²) in [5.74, 6) is 0.122. The molecule has 222 valence electrons. The van der Waals surface area contributed by atoms with Gasteiger partial charge < -0.3 is 19.1 Å². The second-order valence-electron chi connectivity index (χ2n) is 11.4. The molecule has 41 heavy (non-hydrogen) atoms. The van der Waals surface area contributed by atoms with Crippen LogP contribution in [0.15, 0.2) is 53.4 Å². The molecule has 3 aliphatic rings. The first-order chi connectivity index (χ1) is 19.7. The number of carbonyl (C=O) groups is 1. The van der Waals surface area contributed by atoms with Gasteiger partial charge in [-0.25, -0.2) is 13.1 Å². The van der Waals surface area contributed by atoms with Crippen molar-refractivity contribution < 1.29 is 27.4 Å². The van der Waals surface area contributed by atoms with Gasteiger partial charge in [0.05, 0.1) is 23.3 Å². The van der Waals surface area contributed by atoms with Gasteiger partial charge in [-0.2, -0.15) is 0 Å². The minimum atomic E-state index is -4.11. The van der Waals surface area contributed by atoms with E-state index in [1.807, 2.05) is 25.1 Å². The maximum absolute atomic E-state index is 13.4. The topological polar surface area (TPSA) is 94.2 Å². The zero-order valence-electron chi connectivity index (χ0n) is 23.8. The summed E-state index contributed by atoms with van der Waals surface area (Å²) in [4.78, 5) is 15.1. The Kier molecular flexibility index (Phi) is 9.28. The highest BCUT2D eigenvalue weighted by Crippen LogP contribution is 2.41. The molecule has 10 heteroatoms. The number of amides is 1. The van der Waals surface area contributed by atoms with E-state index in [0.29, 0.717) is 60.9 Å². The molecule has 1 saturated carbocycles. The summed E-state index contributed by atoms with van der Waals surface area (Å²) < 4.78 is 47.6. The minimum Gasteiger partial charge on any atom is -0.487 e. The number of halogens is 1. The predicted octanol–water partition coefficient (Wildman–Crippen LogP) is 5.33. The van der Waals surface area contributed by atoms with Crippen molar-refractivity contribution >= 4 is 33.2 Å². The third-order valence-electron chi connectivity index (χ3n) is 8.86. The van der Waals surface area contributed by atoms with Gasteiger partial charge in [0.25, 0.3) is 10.0 Å². The average molecular weight is 603 g/mol. The fourth-order valence-corrected chi connectivity index (χ4v) is 7.12. The van der Waals surface area contributed by atoms with Crippen molar-refractivity contribution in [2.24, 2.45) is 23.7 Å². The van der Waals surface area contributed by atoms with Gasteiger partial charge in [-0.3, -0.25) is 4.79 Å². The average Bonchev–Trinajstić information content (AvgIpc) is 2.96. The lowest BCUT2D eigenvalue weighted by atomic mass is 9.70. The SMILES string of the molecule is CO[C@H]1/C=C/C[C@H](C)[C@@H](C)C(=O)NS(=O)(=O)c2ccc3c(c2)N(COCCc2cc(Cl)ccc2CO3)C[C@@H]2CC[C@H]21. The minimum absolute atomic E-state index is 0.00650. The Morgan fingerprint density at radius 3 is 2.68 bits per heavy atom. The second-order valence-corrected chi connectivity index (χ2v) is 13.6. The van der Waals surface area contributed by atoms with E-state index >= 15 is 0 Å². The van der Waals surface area contributed by atoms with E-state index in [0.717, 1.165) is 24.0 Å². The molecule has 1 fully saturated rings. The van der Waals surface area contributed by atoms with Crippen LogP contribution in [0.1, 0.15) is 44.2 Å². The maximum Gasteiger partial charge on any atom is 0.264 e. The number of benzene rings is 2. The standard InChI is InChI=1S/C31H39ClN2O6S/c1-20-5-4-6-29(38-3)27-11-8-23(27)17-34-19-39-14-13-22-15-25(32)9-7-24(22)18-40-30-12-10-26(16-28(30)34)41(36,37)33-31(35)21(20)2/h4,6-7,9-10,12,15-16,20-21,23,27,29H,5,8,11,13-14,17-19H2,1-3H3,(H,33,35)/b6-4+/t20-,21+,23-,27+,29-/m0/s1. The molecule has 1 amide bonds. The number of anilines is 1. The van der Waals surface area contributed by atoms with E-state index < -0.39 is 21.8 Å². The quantitative estimate of drug-likeness (QED) is 0.441. The molecular formula is C31H39ClN2O6S. The Balaban J connectivity index is 1.56. The Morgan fingerprint density at radius 2 is 1.93 bits per heavy atom. The molecule has 2 aromatic carbocycles. The molecule has 0 spiro atoms. The van der Waals surface area contributed by atoms with Crippen LogP contribution in [0.2, 0.25) is 5.02 Å². The van der Waals surface area contributed by atoms with Gasteiger partial charge in [-0.15, -0.1) is 0 Å². The molecule has 5 atom stereocenters. The third kappa shape index (κ3) is 6.74. The Morgan fingerprint density at radius 1 is 1.10 bits per heavy atom. The summed E-state index contributed by atoms with van der Waals surface area (Å²) in [6.07, 6.45) is 7.53. The molecule has 1 aliphatic carbocycles. The molecule has 0 aromatic heterocycles. The molecule has 0 radical (unpaired) electrons. The zero-order chi connectivity index (χ0) is 29.1. The van der Waals surface area contributed by atoms with E-state index in [1.165, 1.54) is 6.07 Å². The van der Waals surface area contributed by atoms with Crippen LogP contribution >= 0.6 is 11.6 Å². The number of carbonyl (C=O) groups excluding carboxylic acids is 1. The van der Waals surface area contributed by atoms with Crippen LogP contribution in [0.3, 0.4) is 0 Å². The molecular weight excluding hydrogens is 564 g/mol. The van der Waals surface area contributed by atoms with Crippen molar-refractivity contribution in [2.45, 2.75) is 57.1 Å². The monoisotopic (exact) mass is 602 g/mol. The molecule has 2 heterocycles. The number of ether oxygens (including phenoxy) is 3. The summed E-state index contributed by atoms with van der Waals surface area (Å²) in [5.41, 5.74) is 2.66. The number of nitrogens with zero attached hydrogens (tertiary/aromatic N) is 1. The summed E-state index contributed by atoms with van der Waals surface area (Å²) in [6.45, 7) is 5.40. The number of fused-ring (bicyclic) bond motifs is 3. The van der Waals surface area contributed by atoms with Gasteiger partial charge >= 0.3 is 0 Å². The number of hydrogen-bond acceptors (Lipinski definition) is 7. The molecule has 1 N–H and O–H groups in total. The molecule has 2 aromatic rings. The molecule has 8 nitrogen and oxygen atoms in total. The summed E-state index contributed by atoms with van der Waals surface area (Å²) in [5, 5.41) is 0.656. The van der Waals surface area contributed by atoms with Crippen LogP contribution < -0.4 is 14.4 Å². The molecule has 0 unspecified atom stereocenters. The van der Waals surface area contributed by atoms with Crippen molar-refractivity contribution in [3.05, 3.63) is 64.7 Å². The number of sulfonamides is 1. The van der Waals surface area contributed by atoms with Gasteiger partial charge in [0.1, 0.15) is 19.1 Å². The maximum atomic E-state index is 13.4. The van der Waals surface area contributed by atoms with Crippen LogP contribution in [-0.4, -0.2) is 47.4 Å². The van der Waals surface area contributed by atoms with Gasteiger partial charge in [-0.1, -0.05) is 43.7 Å². The Bertz CT molecular complexity index is 1400. The summed E-state index contributed by atoms with van der Waals surface area (Å²) >= 11 is 6.27. The number of hydrogen-bond donors (Lipinski definition) is 1. The lowest BCUT2D eigenvalue weighted by Crippen LogP contribution is -2.44. The second kappa shape index (κ2) is 12.7. The number of rotatable bonds is 1. The molecule has 2 bridgehead atoms. The predicted molar refractivity (Wildman–Crippen MR) is 159 cm³/mol. The largest absolute Gasteiger partial charge is 0.487 e. The molecule has 0 saturated heterocycles. The number of methoxy groups -OCH3 is 1. The van der Waals surface area contributed by atoms with E-state index in [4.69, 9.17) is 25.8 Å². The third-order valence-corrected chi connectivity index (χ3v) is 10.4. The summed E-state index contributed by atoms with van der Waals surface area (Å²) in [7, 11) is -2.37. The van der Waals surface area contributed by atoms with Gasteiger partial charge in [-0.05, 0) is 84.9 Å². The van der Waals surface area contributed by atoms with Crippen LogP contribution in [0.4, 0.5) is 5.69 Å². The van der Waals surface area contributed by atoms with Crippen LogP contribution in [-0.2, 0) is 37.3 Å². The normalized spacial score (nSPS) is 29.4. The van der Waals surface area contributed by atoms with Gasteiger partial charge in [0.15, 0.2) is 0 Å². The summed E-state index contributed by atoms with van der Waals surface area (Å²) in [6, 6.07) is 10.5. The first kappa shape index (κ1) is 29.9. The highest BCUT2D eigenvalue weighted by Gasteiger charge is 2.38. The van der Waals surface area contributed by atoms with Gasteiger partial charge in [0, 0.05) is 24.6 Å². The molecule has 5 rings (SSSR count). The van der Waals surface area contributed by atoms with Gasteiger partial charge in [0.2, 0.25) is 5.91 Å². The Labute approximate surface area is 248 Å². The van der Waals surface area contributed by atoms with E-state index in [2.05, 4.69) is 21.8 Å². The molecule has 2 aliphatic heterocycles. The zero-order valence-corrected chi connectivity index (χ0v) is 25.4. The number of nitrogens with one attached hydrogen (secondary N) is 1. The fraction of sp³-hybridized carbons (Fsp3) is 0.516. The van der Waals surface area contributed by atoms with Crippen molar-refractivity contribution in [3.8, 4) is 5.75 Å². The highest BCUT2D eigenvalue weighted by molar-refractivity contribution is 7.90. The number of allylic oxidation sites excluding steroid dienone is 1. The van der Waals surface area contributed by atoms with Crippen LogP contribution in [0.25, 0.3) is 0 Å². The lowest BCUT2D eigenvalue weighted by Gasteiger charge is -2.43. The first-order valence-electron chi connectivity index (χ1n) is 14.3. The fourth-order valence-electron chi connectivity index (χ4n) is 5.84. The van der Waals surface area contributed by atoms with E-state index in [9.17, 15) is 13.2 Å². The van der Waals surface area contributed by atoms with Crippen LogP contribution in [0, 0.1) is 23.7 Å². The van der Waals surface area contributed by atoms with Crippen molar-refractivity contribution in [1.82, 2.24) is 4.72 Å². The van der Waals surface area contributed by atoms with E-state index in [1.54, 1.807) is 26.2 Å². The smallest absolute Gasteiger partial charge is 0.264 e. The van der Waals surface area contributed by atoms with Crippen molar-refractivity contribution in [2.75, 3.05) is 31.9 Å². The highest BCUT2D eigenvalue weighted by atomic mass is 35.5. The Hall–Kier alpha value is -2.59. The van der Waals surface area contributed by atoms with Crippen LogP contribution in [0.5, 0.6) is 5.75 Å². The van der Waals surface area contributed by atoms with Crippen molar-refractivity contribution in [3.63, 3.8) is 0 Å². The van der Waals surface area contributed by atoms with Crippen molar-refractivity contribution in [1.29, 1.82) is 0 Å². The van der Waals surface area contributed by atoms with E-state index in [-0.39, 0.29) is 23.6 Å². The first-order valence-corrected chi connectivity index (χ1v) is 16.2. The lowest BCUT2D eigenvalue weighted by molar-refractivity contribution is -0.124.